The van der Waals surface area contributed by atoms with Gasteiger partial charge in [0.25, 0.3) is 0 Å². The van der Waals surface area contributed by atoms with E-state index in [1.54, 1.807) is 0 Å². The number of unbranched alkanes of at least 4 members (excludes halogenated alkanes) is 1. The second-order valence-electron chi connectivity index (χ2n) is 8.28. The van der Waals surface area contributed by atoms with Crippen LogP contribution in [0.25, 0.3) is 0 Å². The third-order valence-electron chi connectivity index (χ3n) is 5.89. The van der Waals surface area contributed by atoms with Gasteiger partial charge in [-0.15, -0.1) is 0 Å². The van der Waals surface area contributed by atoms with Crippen LogP contribution in [0.5, 0.6) is 0 Å². The lowest BCUT2D eigenvalue weighted by Crippen LogP contribution is -2.34. The zero-order chi connectivity index (χ0) is 21.1. The summed E-state index contributed by atoms with van der Waals surface area (Å²) in [7, 11) is -3.16. The summed E-state index contributed by atoms with van der Waals surface area (Å²) in [5, 5.41) is 0. The number of rotatable bonds is 12. The number of piperidine rings is 1. The fraction of sp³-hybridized carbons (Fsp3) is 0.520. The summed E-state index contributed by atoms with van der Waals surface area (Å²) in [6.45, 7) is 6.41. The highest BCUT2D eigenvalue weighted by molar-refractivity contribution is 7.53. The third kappa shape index (κ3) is 8.00. The molecule has 0 radical (unpaired) electrons. The van der Waals surface area contributed by atoms with Crippen molar-refractivity contribution >= 4 is 7.60 Å². The molecule has 0 unspecified atom stereocenters. The van der Waals surface area contributed by atoms with Crippen molar-refractivity contribution in [2.45, 2.75) is 52.2 Å². The van der Waals surface area contributed by atoms with Gasteiger partial charge in [-0.2, -0.15) is 0 Å². The van der Waals surface area contributed by atoms with Crippen molar-refractivity contribution < 1.29 is 13.6 Å². The fourth-order valence-electron chi connectivity index (χ4n) is 3.88. The van der Waals surface area contributed by atoms with E-state index in [0.717, 1.165) is 30.6 Å². The van der Waals surface area contributed by atoms with Crippen LogP contribution in [0.3, 0.4) is 0 Å². The highest BCUT2D eigenvalue weighted by Gasteiger charge is 2.28. The quantitative estimate of drug-likeness (QED) is 0.360. The molecule has 0 atom stereocenters. The van der Waals surface area contributed by atoms with Gasteiger partial charge in [-0.05, 0) is 62.4 Å². The van der Waals surface area contributed by atoms with E-state index in [0.29, 0.717) is 25.3 Å². The van der Waals surface area contributed by atoms with Crippen molar-refractivity contribution in [3.8, 4) is 0 Å². The normalized spacial score (nSPS) is 16.0. The van der Waals surface area contributed by atoms with E-state index in [2.05, 4.69) is 11.8 Å². The molecule has 2 aromatic rings. The lowest BCUT2D eigenvalue weighted by Gasteiger charge is -2.32. The second kappa shape index (κ2) is 12.4. The van der Waals surface area contributed by atoms with Gasteiger partial charge in [-0.25, -0.2) is 0 Å². The zero-order valence-electron chi connectivity index (χ0n) is 18.2. The minimum absolute atomic E-state index is 0.322. The lowest BCUT2D eigenvalue weighted by molar-refractivity contribution is 0.170. The van der Waals surface area contributed by atoms with Gasteiger partial charge in [-0.1, -0.05) is 74.0 Å². The highest BCUT2D eigenvalue weighted by Crippen LogP contribution is 2.51. The van der Waals surface area contributed by atoms with Crippen LogP contribution in [0.15, 0.2) is 60.7 Å². The molecule has 1 aliphatic heterocycles. The van der Waals surface area contributed by atoms with Crippen LogP contribution in [0.4, 0.5) is 0 Å². The molecule has 0 saturated carbocycles. The van der Waals surface area contributed by atoms with Gasteiger partial charge in [0.1, 0.15) is 0 Å². The molecule has 1 heterocycles. The predicted octanol–water partition coefficient (Wildman–Crippen LogP) is 6.52. The molecule has 5 heteroatoms. The number of nitrogens with zero attached hydrogens (tertiary/aromatic N) is 1. The third-order valence-corrected chi connectivity index (χ3v) is 7.74. The molecule has 2 aromatic carbocycles. The summed E-state index contributed by atoms with van der Waals surface area (Å²) in [6, 6.07) is 19.8. The monoisotopic (exact) mass is 429 g/mol. The Morgan fingerprint density at radius 3 is 1.93 bits per heavy atom. The average Bonchev–Trinajstić information content (AvgIpc) is 2.81. The number of likely N-dealkylation sites (tertiary alicyclic amines) is 1. The molecule has 0 bridgehead atoms. The molecular formula is C25H36NO3P. The Balaban J connectivity index is 1.53. The Kier molecular flexibility index (Phi) is 9.61. The standard InChI is InChI=1S/C25H36NO3P/c1-2-3-17-26-18-14-23(15-19-26)16-20-30(27,28-21-24-10-6-4-7-11-24)29-22-25-12-8-5-9-13-25/h4-13,23H,2-3,14-22H2,1H3. The Labute approximate surface area is 182 Å². The Hall–Kier alpha value is -1.45. The second-order valence-corrected chi connectivity index (χ2v) is 10.5. The predicted molar refractivity (Wildman–Crippen MR) is 124 cm³/mol. The van der Waals surface area contributed by atoms with E-state index in [1.807, 2.05) is 60.7 Å². The van der Waals surface area contributed by atoms with Crippen molar-refractivity contribution in [2.24, 2.45) is 5.92 Å². The minimum Gasteiger partial charge on any atom is -0.304 e. The summed E-state index contributed by atoms with van der Waals surface area (Å²) in [5.74, 6) is 0.608. The zero-order valence-corrected chi connectivity index (χ0v) is 19.1. The van der Waals surface area contributed by atoms with Gasteiger partial charge in [0.15, 0.2) is 0 Å². The Morgan fingerprint density at radius 2 is 1.43 bits per heavy atom. The Bertz CT molecular complexity index is 713. The SMILES string of the molecule is CCCCN1CCC(CCP(=O)(OCc2ccccc2)OCc2ccccc2)CC1. The fourth-order valence-corrected chi connectivity index (χ4v) is 5.59. The maximum atomic E-state index is 13.6. The van der Waals surface area contributed by atoms with E-state index in [-0.39, 0.29) is 0 Å². The summed E-state index contributed by atoms with van der Waals surface area (Å²) in [6.07, 6.45) is 6.29. The largest absolute Gasteiger partial charge is 0.331 e. The molecule has 0 N–H and O–H groups in total. The lowest BCUT2D eigenvalue weighted by atomic mass is 9.94. The van der Waals surface area contributed by atoms with Crippen LogP contribution < -0.4 is 0 Å². The molecule has 1 aliphatic rings. The molecule has 4 nitrogen and oxygen atoms in total. The molecule has 164 valence electrons. The molecule has 3 rings (SSSR count). The first-order valence-corrected chi connectivity index (χ1v) is 13.1. The van der Waals surface area contributed by atoms with Gasteiger partial charge in [0.2, 0.25) is 0 Å². The summed E-state index contributed by atoms with van der Waals surface area (Å²) >= 11 is 0. The summed E-state index contributed by atoms with van der Waals surface area (Å²) < 4.78 is 25.4. The van der Waals surface area contributed by atoms with Crippen LogP contribution in [0.1, 0.15) is 50.2 Å². The van der Waals surface area contributed by atoms with Crippen molar-refractivity contribution in [3.05, 3.63) is 71.8 Å². The number of hydrogen-bond donors (Lipinski definition) is 0. The van der Waals surface area contributed by atoms with Gasteiger partial charge < -0.3 is 13.9 Å². The Morgan fingerprint density at radius 1 is 0.900 bits per heavy atom. The van der Waals surface area contributed by atoms with Gasteiger partial charge in [0.05, 0.1) is 19.4 Å². The van der Waals surface area contributed by atoms with Crippen molar-refractivity contribution in [1.29, 1.82) is 0 Å². The molecule has 1 fully saturated rings. The maximum absolute atomic E-state index is 13.6. The maximum Gasteiger partial charge on any atom is 0.331 e. The summed E-state index contributed by atoms with van der Waals surface area (Å²) in [5.41, 5.74) is 2.04. The molecular weight excluding hydrogens is 393 g/mol. The van der Waals surface area contributed by atoms with Crippen molar-refractivity contribution in [1.82, 2.24) is 4.90 Å². The van der Waals surface area contributed by atoms with E-state index in [9.17, 15) is 4.57 Å². The average molecular weight is 430 g/mol. The van der Waals surface area contributed by atoms with E-state index >= 15 is 0 Å². The first kappa shape index (κ1) is 23.2. The smallest absolute Gasteiger partial charge is 0.304 e. The first-order valence-electron chi connectivity index (χ1n) is 11.4. The summed E-state index contributed by atoms with van der Waals surface area (Å²) in [4.78, 5) is 2.57. The van der Waals surface area contributed by atoms with E-state index in [1.165, 1.54) is 32.2 Å². The van der Waals surface area contributed by atoms with Crippen LogP contribution >= 0.6 is 7.60 Å². The van der Waals surface area contributed by atoms with Crippen molar-refractivity contribution in [2.75, 3.05) is 25.8 Å². The first-order chi connectivity index (χ1) is 14.7. The molecule has 0 aliphatic carbocycles. The molecule has 30 heavy (non-hydrogen) atoms. The van der Waals surface area contributed by atoms with Crippen LogP contribution in [-0.4, -0.2) is 30.7 Å². The van der Waals surface area contributed by atoms with Crippen LogP contribution in [0.2, 0.25) is 0 Å². The molecule has 0 aromatic heterocycles. The van der Waals surface area contributed by atoms with Crippen LogP contribution in [0, 0.1) is 5.92 Å². The van der Waals surface area contributed by atoms with Gasteiger partial charge >= 0.3 is 7.60 Å². The molecule has 1 saturated heterocycles. The number of benzene rings is 2. The van der Waals surface area contributed by atoms with Crippen LogP contribution in [-0.2, 0) is 26.8 Å². The topological polar surface area (TPSA) is 38.8 Å². The van der Waals surface area contributed by atoms with Crippen molar-refractivity contribution in [3.63, 3.8) is 0 Å². The van der Waals surface area contributed by atoms with Gasteiger partial charge in [0, 0.05) is 0 Å². The van der Waals surface area contributed by atoms with E-state index < -0.39 is 7.60 Å². The van der Waals surface area contributed by atoms with Gasteiger partial charge in [-0.3, -0.25) is 4.57 Å². The molecule has 0 spiro atoms. The molecule has 0 amide bonds. The highest BCUT2D eigenvalue weighted by atomic mass is 31.2. The number of hydrogen-bond acceptors (Lipinski definition) is 4. The minimum atomic E-state index is -3.16. The van der Waals surface area contributed by atoms with E-state index in [4.69, 9.17) is 9.05 Å².